The van der Waals surface area contributed by atoms with Gasteiger partial charge >= 0.3 is 6.09 Å². The van der Waals surface area contributed by atoms with Crippen LogP contribution in [-0.4, -0.2) is 61.7 Å². The quantitative estimate of drug-likeness (QED) is 0.385. The number of hydrogen-bond donors (Lipinski definition) is 3. The van der Waals surface area contributed by atoms with Crippen LogP contribution in [0.2, 0.25) is 0 Å². The summed E-state index contributed by atoms with van der Waals surface area (Å²) < 4.78 is 5.33. The number of amides is 2. The lowest BCUT2D eigenvalue weighted by atomic mass is 10.1. The van der Waals surface area contributed by atoms with E-state index in [-0.39, 0.29) is 18.5 Å². The van der Waals surface area contributed by atoms with Crippen molar-refractivity contribution in [2.24, 2.45) is 4.99 Å². The molecule has 1 unspecified atom stereocenters. The molecule has 0 aromatic carbocycles. The van der Waals surface area contributed by atoms with Crippen molar-refractivity contribution in [1.29, 1.82) is 0 Å². The lowest BCUT2D eigenvalue weighted by molar-refractivity contribution is -0.127. The molecule has 0 spiro atoms. The van der Waals surface area contributed by atoms with Gasteiger partial charge in [0.05, 0.1) is 6.54 Å². The number of hydrogen-bond acceptors (Lipinski definition) is 5. The second-order valence-corrected chi connectivity index (χ2v) is 9.28. The fraction of sp³-hybridized carbons (Fsp3) is 0.667. The SMILES string of the molecule is CCCCC(CNC(=O)OC(C)(C)C)NC(=NCC(=O)N(C)C)NCc1cccs1. The first-order chi connectivity index (χ1) is 14.1. The zero-order valence-electron chi connectivity index (χ0n) is 19.1. The second-order valence-electron chi connectivity index (χ2n) is 8.25. The Hall–Kier alpha value is -2.29. The molecule has 0 aliphatic heterocycles. The van der Waals surface area contributed by atoms with Crippen LogP contribution in [0, 0.1) is 0 Å². The summed E-state index contributed by atoms with van der Waals surface area (Å²) in [7, 11) is 3.41. The molecule has 1 rings (SSSR count). The largest absolute Gasteiger partial charge is 0.444 e. The maximum absolute atomic E-state index is 12.0. The molecule has 9 heteroatoms. The molecule has 8 nitrogen and oxygen atoms in total. The van der Waals surface area contributed by atoms with E-state index in [0.717, 1.165) is 19.3 Å². The average molecular weight is 440 g/mol. The number of ether oxygens (including phenoxy) is 1. The van der Waals surface area contributed by atoms with Gasteiger partial charge in [-0.1, -0.05) is 25.8 Å². The standard InChI is InChI=1S/C21H37N5O3S/c1-7-8-10-16(13-24-20(28)29-21(2,3)4)25-19(23-15-18(27)26(5)6)22-14-17-11-9-12-30-17/h9,11-12,16H,7-8,10,13-15H2,1-6H3,(H,24,28)(H2,22,23,25). The third-order valence-electron chi connectivity index (χ3n) is 4.02. The highest BCUT2D eigenvalue weighted by Gasteiger charge is 2.18. The normalized spacial score (nSPS) is 12.8. The van der Waals surface area contributed by atoms with Crippen LogP contribution in [-0.2, 0) is 16.1 Å². The van der Waals surface area contributed by atoms with Crippen LogP contribution in [0.4, 0.5) is 4.79 Å². The van der Waals surface area contributed by atoms with Crippen LogP contribution < -0.4 is 16.0 Å². The zero-order valence-corrected chi connectivity index (χ0v) is 19.9. The van der Waals surface area contributed by atoms with Gasteiger partial charge in [0.2, 0.25) is 5.91 Å². The van der Waals surface area contributed by atoms with Crippen molar-refractivity contribution in [1.82, 2.24) is 20.9 Å². The molecule has 0 aliphatic rings. The van der Waals surface area contributed by atoms with Gasteiger partial charge in [-0.25, -0.2) is 9.79 Å². The smallest absolute Gasteiger partial charge is 0.407 e. The molecule has 1 atom stereocenters. The highest BCUT2D eigenvalue weighted by atomic mass is 32.1. The first-order valence-corrected chi connectivity index (χ1v) is 11.2. The molecular formula is C21H37N5O3S. The van der Waals surface area contributed by atoms with Gasteiger partial charge in [-0.2, -0.15) is 0 Å². The molecule has 0 aliphatic carbocycles. The Labute approximate surface area is 184 Å². The molecule has 0 saturated heterocycles. The predicted octanol–water partition coefficient (Wildman–Crippen LogP) is 2.96. The van der Waals surface area contributed by atoms with Crippen molar-refractivity contribution in [3.63, 3.8) is 0 Å². The van der Waals surface area contributed by atoms with E-state index in [4.69, 9.17) is 4.74 Å². The van der Waals surface area contributed by atoms with Crippen molar-refractivity contribution in [3.8, 4) is 0 Å². The monoisotopic (exact) mass is 439 g/mol. The third kappa shape index (κ3) is 11.6. The minimum absolute atomic E-state index is 0.0403. The lowest BCUT2D eigenvalue weighted by Crippen LogP contribution is -2.49. The predicted molar refractivity (Wildman–Crippen MR) is 123 cm³/mol. The molecule has 30 heavy (non-hydrogen) atoms. The molecule has 2 amide bonds. The third-order valence-corrected chi connectivity index (χ3v) is 4.90. The van der Waals surface area contributed by atoms with Gasteiger partial charge in [0.1, 0.15) is 12.1 Å². The van der Waals surface area contributed by atoms with E-state index in [1.54, 1.807) is 25.4 Å². The van der Waals surface area contributed by atoms with Gasteiger partial charge in [-0.05, 0) is 38.6 Å². The lowest BCUT2D eigenvalue weighted by Gasteiger charge is -2.24. The molecule has 3 N–H and O–H groups in total. The number of nitrogens with zero attached hydrogens (tertiary/aromatic N) is 2. The van der Waals surface area contributed by atoms with Crippen LogP contribution in [0.25, 0.3) is 0 Å². The van der Waals surface area contributed by atoms with E-state index in [9.17, 15) is 9.59 Å². The van der Waals surface area contributed by atoms with Crippen molar-refractivity contribution < 1.29 is 14.3 Å². The Bertz CT molecular complexity index is 669. The number of unbranched alkanes of at least 4 members (excludes halogenated alkanes) is 1. The van der Waals surface area contributed by atoms with Crippen LogP contribution in [0.15, 0.2) is 22.5 Å². The van der Waals surface area contributed by atoms with E-state index in [1.165, 1.54) is 9.78 Å². The van der Waals surface area contributed by atoms with Gasteiger partial charge in [0, 0.05) is 31.6 Å². The van der Waals surface area contributed by atoms with Gasteiger partial charge in [0.15, 0.2) is 5.96 Å². The van der Waals surface area contributed by atoms with E-state index in [2.05, 4.69) is 27.9 Å². The topological polar surface area (TPSA) is 95.1 Å². The fourth-order valence-electron chi connectivity index (χ4n) is 2.41. The summed E-state index contributed by atoms with van der Waals surface area (Å²) in [5.74, 6) is 0.468. The number of guanidine groups is 1. The van der Waals surface area contributed by atoms with Gasteiger partial charge in [-0.3, -0.25) is 4.79 Å². The number of carbonyl (C=O) groups is 2. The summed E-state index contributed by atoms with van der Waals surface area (Å²) in [6, 6.07) is 4.00. The minimum Gasteiger partial charge on any atom is -0.444 e. The van der Waals surface area contributed by atoms with Gasteiger partial charge < -0.3 is 25.6 Å². The Morgan fingerprint density at radius 2 is 2.00 bits per heavy atom. The molecule has 0 bridgehead atoms. The summed E-state index contributed by atoms with van der Waals surface area (Å²) in [5.41, 5.74) is -0.544. The number of rotatable bonds is 10. The minimum atomic E-state index is -0.544. The van der Waals surface area contributed by atoms with Gasteiger partial charge in [-0.15, -0.1) is 11.3 Å². The van der Waals surface area contributed by atoms with Crippen LogP contribution in [0.1, 0.15) is 51.8 Å². The second kappa shape index (κ2) is 13.1. The molecule has 1 heterocycles. The highest BCUT2D eigenvalue weighted by molar-refractivity contribution is 7.09. The van der Waals surface area contributed by atoms with Crippen molar-refractivity contribution in [3.05, 3.63) is 22.4 Å². The van der Waals surface area contributed by atoms with E-state index in [1.807, 2.05) is 38.3 Å². The number of nitrogens with one attached hydrogen (secondary N) is 3. The molecular weight excluding hydrogens is 402 g/mol. The van der Waals surface area contributed by atoms with Crippen molar-refractivity contribution >= 4 is 29.3 Å². The zero-order chi connectivity index (χ0) is 22.6. The van der Waals surface area contributed by atoms with E-state index < -0.39 is 11.7 Å². The Morgan fingerprint density at radius 1 is 1.27 bits per heavy atom. The number of carbonyl (C=O) groups excluding carboxylic acids is 2. The molecule has 0 radical (unpaired) electrons. The molecule has 0 saturated carbocycles. The van der Waals surface area contributed by atoms with Crippen LogP contribution in [0.5, 0.6) is 0 Å². The van der Waals surface area contributed by atoms with Crippen LogP contribution in [0.3, 0.4) is 0 Å². The molecule has 0 fully saturated rings. The Balaban J connectivity index is 2.78. The average Bonchev–Trinajstić information content (AvgIpc) is 3.17. The Morgan fingerprint density at radius 3 is 2.57 bits per heavy atom. The first-order valence-electron chi connectivity index (χ1n) is 10.3. The van der Waals surface area contributed by atoms with E-state index >= 15 is 0 Å². The first kappa shape index (κ1) is 25.7. The molecule has 170 valence electrons. The summed E-state index contributed by atoms with van der Waals surface area (Å²) in [4.78, 5) is 31.1. The summed E-state index contributed by atoms with van der Waals surface area (Å²) >= 11 is 1.65. The number of thiophene rings is 1. The maximum Gasteiger partial charge on any atom is 0.407 e. The summed E-state index contributed by atoms with van der Waals surface area (Å²) in [6.45, 7) is 8.68. The van der Waals surface area contributed by atoms with Gasteiger partial charge in [0.25, 0.3) is 0 Å². The summed E-state index contributed by atoms with van der Waals surface area (Å²) in [5, 5.41) is 11.5. The molecule has 1 aromatic heterocycles. The fourth-order valence-corrected chi connectivity index (χ4v) is 3.06. The molecule has 1 aromatic rings. The number of alkyl carbamates (subject to hydrolysis) is 1. The number of aliphatic imine (C=N–C) groups is 1. The van der Waals surface area contributed by atoms with Crippen molar-refractivity contribution in [2.75, 3.05) is 27.2 Å². The van der Waals surface area contributed by atoms with E-state index in [0.29, 0.717) is 19.0 Å². The Kier molecular flexibility index (Phi) is 11.2. The number of likely N-dealkylation sites (N-methyl/N-ethyl adjacent to an activating group) is 1. The van der Waals surface area contributed by atoms with Crippen molar-refractivity contribution in [2.45, 2.75) is 65.1 Å². The summed E-state index contributed by atoms with van der Waals surface area (Å²) in [6.07, 6.45) is 2.45. The maximum atomic E-state index is 12.0. The van der Waals surface area contributed by atoms with Crippen LogP contribution >= 0.6 is 11.3 Å². The highest BCUT2D eigenvalue weighted by Crippen LogP contribution is 2.08.